The summed E-state index contributed by atoms with van der Waals surface area (Å²) in [5.74, 6) is -0.0196. The van der Waals surface area contributed by atoms with E-state index in [2.05, 4.69) is 4.99 Å². The van der Waals surface area contributed by atoms with Crippen molar-refractivity contribution in [3.63, 3.8) is 0 Å². The fourth-order valence-electron chi connectivity index (χ4n) is 2.11. The summed E-state index contributed by atoms with van der Waals surface area (Å²) in [7, 11) is 1.77. The van der Waals surface area contributed by atoms with E-state index in [1.54, 1.807) is 29.4 Å². The van der Waals surface area contributed by atoms with Crippen LogP contribution in [0.1, 0.15) is 11.1 Å². The van der Waals surface area contributed by atoms with Crippen molar-refractivity contribution < 1.29 is 4.79 Å². The smallest absolute Gasteiger partial charge is 0.248 e. The van der Waals surface area contributed by atoms with Crippen LogP contribution >= 0.6 is 22.9 Å². The zero-order valence-corrected chi connectivity index (χ0v) is 11.8. The Hall–Kier alpha value is -1.65. The fourth-order valence-corrected chi connectivity index (χ4v) is 2.92. The van der Waals surface area contributed by atoms with E-state index in [-0.39, 0.29) is 12.5 Å². The Balaban J connectivity index is 2.24. The van der Waals surface area contributed by atoms with Gasteiger partial charge in [0.2, 0.25) is 5.91 Å². The van der Waals surface area contributed by atoms with Gasteiger partial charge in [-0.25, -0.2) is 0 Å². The van der Waals surface area contributed by atoms with E-state index in [0.717, 1.165) is 22.5 Å². The molecule has 0 unspecified atom stereocenters. The maximum absolute atomic E-state index is 12.0. The van der Waals surface area contributed by atoms with Gasteiger partial charge in [0, 0.05) is 28.6 Å². The van der Waals surface area contributed by atoms with Gasteiger partial charge in [-0.3, -0.25) is 9.79 Å². The van der Waals surface area contributed by atoms with Gasteiger partial charge in [-0.15, -0.1) is 0 Å². The standard InChI is InChI=1S/C14H11ClN2OS/c1-17-12-3-2-10(15)6-11(12)14(16-7-13(17)18)9-4-5-19-8-9/h2-6,8H,7H2,1H3. The molecule has 0 saturated carbocycles. The lowest BCUT2D eigenvalue weighted by Gasteiger charge is -2.17. The molecule has 1 aromatic carbocycles. The fraction of sp³-hybridized carbons (Fsp3) is 0.143. The molecule has 0 N–H and O–H groups in total. The molecule has 0 spiro atoms. The highest BCUT2D eigenvalue weighted by molar-refractivity contribution is 7.08. The molecule has 3 rings (SSSR count). The molecule has 0 fully saturated rings. The van der Waals surface area contributed by atoms with Crippen LogP contribution in [0, 0.1) is 0 Å². The molecule has 0 atom stereocenters. The number of benzodiazepines with no additional fused rings is 1. The molecule has 1 aliphatic rings. The second-order valence-electron chi connectivity index (χ2n) is 4.29. The molecular weight excluding hydrogens is 280 g/mol. The molecule has 0 saturated heterocycles. The minimum atomic E-state index is -0.0196. The topological polar surface area (TPSA) is 32.7 Å². The summed E-state index contributed by atoms with van der Waals surface area (Å²) in [6.07, 6.45) is 0. The summed E-state index contributed by atoms with van der Waals surface area (Å²) < 4.78 is 0. The van der Waals surface area contributed by atoms with Crippen molar-refractivity contribution in [2.75, 3.05) is 18.5 Å². The van der Waals surface area contributed by atoms with Crippen LogP contribution in [0.2, 0.25) is 5.02 Å². The van der Waals surface area contributed by atoms with Gasteiger partial charge in [0.25, 0.3) is 0 Å². The summed E-state index contributed by atoms with van der Waals surface area (Å²) in [6.45, 7) is 0.161. The molecule has 3 nitrogen and oxygen atoms in total. The molecule has 1 amide bonds. The third-order valence-corrected chi connectivity index (χ3v) is 4.03. The molecular formula is C14H11ClN2OS. The van der Waals surface area contributed by atoms with E-state index < -0.39 is 0 Å². The first kappa shape index (κ1) is 12.4. The molecule has 0 aliphatic carbocycles. The van der Waals surface area contributed by atoms with Crippen molar-refractivity contribution in [3.05, 3.63) is 51.2 Å². The second kappa shape index (κ2) is 4.79. The van der Waals surface area contributed by atoms with Gasteiger partial charge in [0.15, 0.2) is 0 Å². The van der Waals surface area contributed by atoms with Gasteiger partial charge in [-0.05, 0) is 29.6 Å². The van der Waals surface area contributed by atoms with Gasteiger partial charge in [0.05, 0.1) is 11.4 Å². The van der Waals surface area contributed by atoms with E-state index in [0.29, 0.717) is 5.02 Å². The van der Waals surface area contributed by atoms with Gasteiger partial charge < -0.3 is 4.90 Å². The SMILES string of the molecule is CN1C(=O)CN=C(c2ccsc2)c2cc(Cl)ccc21. The van der Waals surface area contributed by atoms with Gasteiger partial charge in [-0.1, -0.05) is 11.6 Å². The largest absolute Gasteiger partial charge is 0.313 e. The first-order chi connectivity index (χ1) is 9.16. The maximum atomic E-state index is 12.0. The Morgan fingerprint density at radius 1 is 1.37 bits per heavy atom. The summed E-state index contributed by atoms with van der Waals surface area (Å²) in [6, 6.07) is 7.52. The first-order valence-corrected chi connectivity index (χ1v) is 7.12. The summed E-state index contributed by atoms with van der Waals surface area (Å²) in [5.41, 5.74) is 3.60. The second-order valence-corrected chi connectivity index (χ2v) is 5.51. The van der Waals surface area contributed by atoms with Crippen molar-refractivity contribution in [1.29, 1.82) is 0 Å². The van der Waals surface area contributed by atoms with Crippen LogP contribution in [0.3, 0.4) is 0 Å². The monoisotopic (exact) mass is 290 g/mol. The number of thiophene rings is 1. The third kappa shape index (κ3) is 2.17. The molecule has 5 heteroatoms. The van der Waals surface area contributed by atoms with Gasteiger partial charge in [-0.2, -0.15) is 11.3 Å². The van der Waals surface area contributed by atoms with Crippen molar-refractivity contribution >= 4 is 40.2 Å². The maximum Gasteiger partial charge on any atom is 0.248 e. The molecule has 0 radical (unpaired) electrons. The molecule has 96 valence electrons. The molecule has 1 aliphatic heterocycles. The van der Waals surface area contributed by atoms with E-state index >= 15 is 0 Å². The van der Waals surface area contributed by atoms with Crippen LogP contribution in [0.5, 0.6) is 0 Å². The number of aliphatic imine (C=N–C) groups is 1. The number of halogens is 1. The number of likely N-dealkylation sites (N-methyl/N-ethyl adjacent to an activating group) is 1. The van der Waals surface area contributed by atoms with E-state index in [1.165, 1.54) is 0 Å². The molecule has 0 bridgehead atoms. The Morgan fingerprint density at radius 2 is 2.21 bits per heavy atom. The number of carbonyl (C=O) groups excluding carboxylic acids is 1. The van der Waals surface area contributed by atoms with Crippen LogP contribution in [0.15, 0.2) is 40.0 Å². The van der Waals surface area contributed by atoms with Crippen LogP contribution in [0.4, 0.5) is 5.69 Å². The molecule has 2 aromatic rings. The predicted octanol–water partition coefficient (Wildman–Crippen LogP) is 3.22. The lowest BCUT2D eigenvalue weighted by Crippen LogP contribution is -2.27. The van der Waals surface area contributed by atoms with Gasteiger partial charge in [0.1, 0.15) is 6.54 Å². The number of hydrogen-bond donors (Lipinski definition) is 0. The number of rotatable bonds is 1. The highest BCUT2D eigenvalue weighted by atomic mass is 35.5. The number of amides is 1. The Labute approximate surface area is 120 Å². The predicted molar refractivity (Wildman–Crippen MR) is 79.7 cm³/mol. The van der Waals surface area contributed by atoms with Crippen LogP contribution in [0.25, 0.3) is 0 Å². The summed E-state index contributed by atoms with van der Waals surface area (Å²) >= 11 is 7.69. The number of nitrogens with zero attached hydrogens (tertiary/aromatic N) is 2. The van der Waals surface area contributed by atoms with Crippen molar-refractivity contribution in [2.24, 2.45) is 4.99 Å². The number of hydrogen-bond acceptors (Lipinski definition) is 3. The number of benzene rings is 1. The number of fused-ring (bicyclic) bond motifs is 1. The molecule has 1 aromatic heterocycles. The minimum absolute atomic E-state index is 0.0196. The normalized spacial score (nSPS) is 14.9. The average molecular weight is 291 g/mol. The Bertz CT molecular complexity index is 664. The van der Waals surface area contributed by atoms with Crippen LogP contribution in [-0.2, 0) is 4.79 Å². The summed E-state index contributed by atoms with van der Waals surface area (Å²) in [5, 5.41) is 4.67. The third-order valence-electron chi connectivity index (χ3n) is 3.12. The zero-order valence-electron chi connectivity index (χ0n) is 10.3. The summed E-state index contributed by atoms with van der Waals surface area (Å²) in [4.78, 5) is 18.1. The highest BCUT2D eigenvalue weighted by Gasteiger charge is 2.22. The Morgan fingerprint density at radius 3 is 2.95 bits per heavy atom. The zero-order chi connectivity index (χ0) is 13.4. The van der Waals surface area contributed by atoms with Gasteiger partial charge >= 0.3 is 0 Å². The minimum Gasteiger partial charge on any atom is -0.313 e. The van der Waals surface area contributed by atoms with E-state index in [9.17, 15) is 4.79 Å². The van der Waals surface area contributed by atoms with Crippen molar-refractivity contribution in [3.8, 4) is 0 Å². The lowest BCUT2D eigenvalue weighted by atomic mass is 10.0. The van der Waals surface area contributed by atoms with Crippen LogP contribution in [-0.4, -0.2) is 25.2 Å². The average Bonchev–Trinajstić information content (AvgIpc) is 2.88. The quantitative estimate of drug-likeness (QED) is 0.794. The van der Waals surface area contributed by atoms with E-state index in [1.807, 2.05) is 29.0 Å². The van der Waals surface area contributed by atoms with E-state index in [4.69, 9.17) is 11.6 Å². The number of carbonyl (C=O) groups is 1. The molecule has 19 heavy (non-hydrogen) atoms. The van der Waals surface area contributed by atoms with Crippen molar-refractivity contribution in [1.82, 2.24) is 0 Å². The van der Waals surface area contributed by atoms with Crippen molar-refractivity contribution in [2.45, 2.75) is 0 Å². The Kier molecular flexibility index (Phi) is 3.12. The lowest BCUT2D eigenvalue weighted by molar-refractivity contribution is -0.116. The first-order valence-electron chi connectivity index (χ1n) is 5.80. The highest BCUT2D eigenvalue weighted by Crippen LogP contribution is 2.29. The molecule has 2 heterocycles. The van der Waals surface area contributed by atoms with Crippen LogP contribution < -0.4 is 4.90 Å². The number of anilines is 1.